The number of benzene rings is 2. The van der Waals surface area contributed by atoms with E-state index in [2.05, 4.69) is 15.5 Å². The SMILES string of the molecule is O=C(Nc1ccn[nH]1)C(Cc1ccccc1)N1C(=O)c2ccccc2C1=O. The Bertz CT molecular complexity index is 964. The van der Waals surface area contributed by atoms with Crippen molar-refractivity contribution < 1.29 is 14.4 Å². The highest BCUT2D eigenvalue weighted by Crippen LogP contribution is 2.26. The molecule has 2 N–H and O–H groups in total. The minimum absolute atomic E-state index is 0.215. The summed E-state index contributed by atoms with van der Waals surface area (Å²) in [4.78, 5) is 39.7. The molecule has 2 heterocycles. The topological polar surface area (TPSA) is 95.2 Å². The number of amides is 3. The normalized spacial score (nSPS) is 14.1. The number of aromatic amines is 1. The summed E-state index contributed by atoms with van der Waals surface area (Å²) in [6, 6.07) is 16.5. The van der Waals surface area contributed by atoms with Gasteiger partial charge in [-0.3, -0.25) is 24.4 Å². The summed E-state index contributed by atoms with van der Waals surface area (Å²) in [6.07, 6.45) is 1.72. The van der Waals surface area contributed by atoms with Crippen LogP contribution in [0.5, 0.6) is 0 Å². The summed E-state index contributed by atoms with van der Waals surface area (Å²) in [5.41, 5.74) is 1.48. The minimum Gasteiger partial charge on any atom is -0.309 e. The first-order chi connectivity index (χ1) is 13.1. The van der Waals surface area contributed by atoms with Crippen molar-refractivity contribution in [2.75, 3.05) is 5.32 Å². The first kappa shape index (κ1) is 16.7. The van der Waals surface area contributed by atoms with Crippen LogP contribution in [0.4, 0.5) is 5.82 Å². The lowest BCUT2D eigenvalue weighted by atomic mass is 10.0. The average molecular weight is 360 g/mol. The van der Waals surface area contributed by atoms with Gasteiger partial charge in [0.1, 0.15) is 11.9 Å². The van der Waals surface area contributed by atoms with Crippen molar-refractivity contribution in [2.24, 2.45) is 0 Å². The summed E-state index contributed by atoms with van der Waals surface area (Å²) in [5.74, 6) is -0.986. The maximum atomic E-state index is 12.9. The van der Waals surface area contributed by atoms with E-state index in [1.54, 1.807) is 30.3 Å². The van der Waals surface area contributed by atoms with Crippen molar-refractivity contribution in [3.8, 4) is 0 Å². The second-order valence-corrected chi connectivity index (χ2v) is 6.19. The molecule has 1 aliphatic rings. The average Bonchev–Trinajstić information content (AvgIpc) is 3.28. The van der Waals surface area contributed by atoms with Gasteiger partial charge in [-0.1, -0.05) is 42.5 Å². The molecule has 27 heavy (non-hydrogen) atoms. The lowest BCUT2D eigenvalue weighted by Gasteiger charge is -2.25. The number of rotatable bonds is 5. The fraction of sp³-hybridized carbons (Fsp3) is 0.100. The lowest BCUT2D eigenvalue weighted by Crippen LogP contribution is -2.48. The van der Waals surface area contributed by atoms with Crippen LogP contribution >= 0.6 is 0 Å². The van der Waals surface area contributed by atoms with Gasteiger partial charge in [0.2, 0.25) is 5.91 Å². The Morgan fingerprint density at radius 2 is 1.59 bits per heavy atom. The molecule has 7 nitrogen and oxygen atoms in total. The molecule has 134 valence electrons. The van der Waals surface area contributed by atoms with Gasteiger partial charge in [-0.2, -0.15) is 5.10 Å². The molecule has 0 fully saturated rings. The zero-order valence-electron chi connectivity index (χ0n) is 14.3. The van der Waals surface area contributed by atoms with Crippen molar-refractivity contribution >= 4 is 23.5 Å². The molecule has 1 atom stereocenters. The van der Waals surface area contributed by atoms with E-state index in [1.165, 1.54) is 6.20 Å². The summed E-state index contributed by atoms with van der Waals surface area (Å²) in [6.45, 7) is 0. The number of carbonyl (C=O) groups excluding carboxylic acids is 3. The van der Waals surface area contributed by atoms with E-state index in [-0.39, 0.29) is 6.42 Å². The van der Waals surface area contributed by atoms with Crippen LogP contribution in [-0.2, 0) is 11.2 Å². The van der Waals surface area contributed by atoms with Gasteiger partial charge in [-0.15, -0.1) is 0 Å². The number of aromatic nitrogens is 2. The molecular formula is C20H16N4O3. The molecule has 1 unspecified atom stereocenters. The largest absolute Gasteiger partial charge is 0.309 e. The molecule has 3 aromatic rings. The molecule has 7 heteroatoms. The minimum atomic E-state index is -0.983. The number of H-pyrrole nitrogens is 1. The van der Waals surface area contributed by atoms with Gasteiger partial charge < -0.3 is 5.32 Å². The van der Waals surface area contributed by atoms with Gasteiger partial charge in [0, 0.05) is 12.5 Å². The molecule has 0 saturated carbocycles. The Hall–Kier alpha value is -3.74. The Balaban J connectivity index is 1.68. The highest BCUT2D eigenvalue weighted by Gasteiger charge is 2.42. The Kier molecular flexibility index (Phi) is 4.25. The molecule has 1 aliphatic heterocycles. The quantitative estimate of drug-likeness (QED) is 0.682. The second-order valence-electron chi connectivity index (χ2n) is 6.19. The highest BCUT2D eigenvalue weighted by atomic mass is 16.2. The predicted molar refractivity (Wildman–Crippen MR) is 98.1 cm³/mol. The van der Waals surface area contributed by atoms with Crippen molar-refractivity contribution in [1.82, 2.24) is 15.1 Å². The van der Waals surface area contributed by atoms with Crippen LogP contribution in [-0.4, -0.2) is 38.9 Å². The van der Waals surface area contributed by atoms with Crippen LogP contribution in [0.1, 0.15) is 26.3 Å². The first-order valence-electron chi connectivity index (χ1n) is 8.46. The van der Waals surface area contributed by atoms with Gasteiger partial charge in [-0.05, 0) is 17.7 Å². The Morgan fingerprint density at radius 1 is 0.963 bits per heavy atom. The molecule has 0 bridgehead atoms. The number of carbonyl (C=O) groups is 3. The molecule has 0 aliphatic carbocycles. The van der Waals surface area contributed by atoms with Gasteiger partial charge >= 0.3 is 0 Å². The van der Waals surface area contributed by atoms with Crippen LogP contribution in [0.2, 0.25) is 0 Å². The van der Waals surface area contributed by atoms with Crippen molar-refractivity contribution in [3.05, 3.63) is 83.6 Å². The number of imide groups is 1. The second kappa shape index (κ2) is 6.87. The van der Waals surface area contributed by atoms with E-state index >= 15 is 0 Å². The molecule has 4 rings (SSSR count). The van der Waals surface area contributed by atoms with E-state index in [9.17, 15) is 14.4 Å². The van der Waals surface area contributed by atoms with E-state index in [1.807, 2.05) is 30.3 Å². The maximum absolute atomic E-state index is 12.9. The summed E-state index contributed by atoms with van der Waals surface area (Å²) in [7, 11) is 0. The van der Waals surface area contributed by atoms with Gasteiger partial charge in [-0.25, -0.2) is 0 Å². The van der Waals surface area contributed by atoms with Gasteiger partial charge in [0.15, 0.2) is 0 Å². The lowest BCUT2D eigenvalue weighted by molar-refractivity contribution is -0.120. The summed E-state index contributed by atoms with van der Waals surface area (Å²) >= 11 is 0. The predicted octanol–water partition coefficient (Wildman–Crippen LogP) is 2.26. The number of fused-ring (bicyclic) bond motifs is 1. The van der Waals surface area contributed by atoms with Crippen LogP contribution in [0.25, 0.3) is 0 Å². The maximum Gasteiger partial charge on any atom is 0.262 e. The molecule has 2 aromatic carbocycles. The fourth-order valence-corrected chi connectivity index (χ4v) is 3.17. The van der Waals surface area contributed by atoms with Crippen LogP contribution < -0.4 is 5.32 Å². The van der Waals surface area contributed by atoms with Crippen LogP contribution in [0, 0.1) is 0 Å². The zero-order valence-corrected chi connectivity index (χ0v) is 14.3. The highest BCUT2D eigenvalue weighted by molar-refractivity contribution is 6.23. The molecular weight excluding hydrogens is 344 g/mol. The van der Waals surface area contributed by atoms with Crippen molar-refractivity contribution in [2.45, 2.75) is 12.5 Å². The standard InChI is InChI=1S/C20H16N4O3/c25-18(22-17-10-11-21-23-17)16(12-13-6-2-1-3-7-13)24-19(26)14-8-4-5-9-15(14)20(24)27/h1-11,16H,12H2,(H2,21,22,23,25). The molecule has 3 amide bonds. The summed E-state index contributed by atoms with van der Waals surface area (Å²) in [5, 5.41) is 9.12. The van der Waals surface area contributed by atoms with Crippen molar-refractivity contribution in [1.29, 1.82) is 0 Å². The van der Waals surface area contributed by atoms with E-state index in [0.29, 0.717) is 16.9 Å². The van der Waals surface area contributed by atoms with E-state index < -0.39 is 23.8 Å². The first-order valence-corrected chi connectivity index (χ1v) is 8.46. The van der Waals surface area contributed by atoms with Gasteiger partial charge in [0.25, 0.3) is 11.8 Å². The van der Waals surface area contributed by atoms with Crippen LogP contribution in [0.15, 0.2) is 66.9 Å². The monoisotopic (exact) mass is 360 g/mol. The van der Waals surface area contributed by atoms with Crippen molar-refractivity contribution in [3.63, 3.8) is 0 Å². The number of anilines is 1. The number of hydrogen-bond donors (Lipinski definition) is 2. The molecule has 0 saturated heterocycles. The Labute approximate surface area is 155 Å². The number of nitrogens with zero attached hydrogens (tertiary/aromatic N) is 2. The third-order valence-corrected chi connectivity index (χ3v) is 4.47. The third kappa shape index (κ3) is 3.10. The molecule has 0 spiro atoms. The number of hydrogen-bond acceptors (Lipinski definition) is 4. The smallest absolute Gasteiger partial charge is 0.262 e. The van der Waals surface area contributed by atoms with Crippen LogP contribution in [0.3, 0.4) is 0 Å². The molecule has 0 radical (unpaired) electrons. The van der Waals surface area contributed by atoms with E-state index in [4.69, 9.17) is 0 Å². The van der Waals surface area contributed by atoms with E-state index in [0.717, 1.165) is 10.5 Å². The van der Waals surface area contributed by atoms with Gasteiger partial charge in [0.05, 0.1) is 17.3 Å². The fourth-order valence-electron chi connectivity index (χ4n) is 3.17. The molecule has 1 aromatic heterocycles. The Morgan fingerprint density at radius 3 is 2.19 bits per heavy atom. The third-order valence-electron chi connectivity index (χ3n) is 4.47. The summed E-state index contributed by atoms with van der Waals surface area (Å²) < 4.78 is 0. The zero-order chi connectivity index (χ0) is 18.8. The number of nitrogens with one attached hydrogen (secondary N) is 2.